The van der Waals surface area contributed by atoms with E-state index in [2.05, 4.69) is 0 Å². The minimum Gasteiger partial charge on any atom is -0.373 e. The first-order valence-electron chi connectivity index (χ1n) is 4.57. The van der Waals surface area contributed by atoms with Crippen LogP contribution < -0.4 is 0 Å². The highest BCUT2D eigenvalue weighted by Gasteiger charge is 2.03. The van der Waals surface area contributed by atoms with E-state index in [1.165, 1.54) is 17.3 Å². The molecule has 0 spiro atoms. The number of benzene rings is 1. The number of hydrogen-bond donors (Lipinski definition) is 0. The van der Waals surface area contributed by atoms with Crippen molar-refractivity contribution in [2.45, 2.75) is 18.7 Å². The van der Waals surface area contributed by atoms with Crippen molar-refractivity contribution in [1.82, 2.24) is 0 Å². The molecular weight excluding hydrogens is 196 g/mol. The number of hydrogen-bond acceptors (Lipinski definition) is 3. The van der Waals surface area contributed by atoms with Crippen LogP contribution in [0.5, 0.6) is 0 Å². The Kier molecular flexibility index (Phi) is 4.70. The summed E-state index contributed by atoms with van der Waals surface area (Å²) in [4.78, 5) is 12.3. The van der Waals surface area contributed by atoms with Crippen molar-refractivity contribution in [3.05, 3.63) is 29.8 Å². The van der Waals surface area contributed by atoms with Crippen molar-refractivity contribution in [3.63, 3.8) is 0 Å². The van der Waals surface area contributed by atoms with E-state index in [0.29, 0.717) is 6.61 Å². The molecule has 0 aliphatic heterocycles. The largest absolute Gasteiger partial charge is 0.373 e. The van der Waals surface area contributed by atoms with Crippen molar-refractivity contribution in [1.29, 1.82) is 0 Å². The monoisotopic (exact) mass is 210 g/mol. The summed E-state index contributed by atoms with van der Waals surface area (Å²) in [6, 6.07) is 7.89. The summed E-state index contributed by atoms with van der Waals surface area (Å²) < 4.78 is 5.02. The third-order valence-electron chi connectivity index (χ3n) is 1.68. The molecule has 0 saturated heterocycles. The molecule has 0 unspecified atom stereocenters. The highest BCUT2D eigenvalue weighted by molar-refractivity contribution is 8.13. The fraction of sp³-hybridized carbons (Fsp3) is 0.364. The minimum absolute atomic E-state index is 0.0516. The van der Waals surface area contributed by atoms with Crippen LogP contribution in [0.25, 0.3) is 0 Å². The molecule has 3 heteroatoms. The molecule has 14 heavy (non-hydrogen) atoms. The second-order valence-corrected chi connectivity index (χ2v) is 4.06. The van der Waals surface area contributed by atoms with Crippen molar-refractivity contribution < 1.29 is 9.53 Å². The second-order valence-electron chi connectivity index (χ2n) is 2.92. The van der Waals surface area contributed by atoms with E-state index in [-0.39, 0.29) is 11.7 Å². The summed E-state index contributed by atoms with van der Waals surface area (Å²) in [5.41, 5.74) is 1.20. The van der Waals surface area contributed by atoms with Gasteiger partial charge in [-0.15, -0.1) is 0 Å². The topological polar surface area (TPSA) is 26.3 Å². The second kappa shape index (κ2) is 5.83. The summed E-state index contributed by atoms with van der Waals surface area (Å²) >= 11 is 1.23. The molecule has 0 amide bonds. The van der Waals surface area contributed by atoms with Gasteiger partial charge in [-0.3, -0.25) is 4.79 Å². The smallest absolute Gasteiger partial charge is 0.219 e. The average molecular weight is 210 g/mol. The zero-order valence-corrected chi connectivity index (χ0v) is 9.26. The van der Waals surface area contributed by atoms with E-state index in [1.807, 2.05) is 38.1 Å². The first kappa shape index (κ1) is 11.3. The van der Waals surface area contributed by atoms with Gasteiger partial charge in [0.05, 0.1) is 0 Å². The fourth-order valence-corrected chi connectivity index (χ4v) is 1.63. The summed E-state index contributed by atoms with van der Waals surface area (Å²) in [5.74, 6) is 0. The van der Waals surface area contributed by atoms with E-state index < -0.39 is 0 Å². The lowest BCUT2D eigenvalue weighted by molar-refractivity contribution is -0.114. The van der Waals surface area contributed by atoms with E-state index in [4.69, 9.17) is 4.74 Å². The van der Waals surface area contributed by atoms with Gasteiger partial charge in [0.1, 0.15) is 6.61 Å². The number of carbonyl (C=O) groups is 1. The molecule has 0 atom stereocenters. The zero-order valence-electron chi connectivity index (χ0n) is 8.45. The highest BCUT2D eigenvalue weighted by atomic mass is 32.2. The molecule has 0 saturated carbocycles. The molecule has 1 rings (SSSR count). The van der Waals surface area contributed by atoms with Crippen LogP contribution >= 0.6 is 11.8 Å². The first-order valence-corrected chi connectivity index (χ1v) is 5.39. The van der Waals surface area contributed by atoms with Crippen LogP contribution in [0.4, 0.5) is 0 Å². The maximum absolute atomic E-state index is 11.3. The van der Waals surface area contributed by atoms with Gasteiger partial charge >= 0.3 is 0 Å². The Hall–Kier alpha value is -0.800. The van der Waals surface area contributed by atoms with Gasteiger partial charge < -0.3 is 4.74 Å². The Labute approximate surface area is 88.7 Å². The van der Waals surface area contributed by atoms with Crippen molar-refractivity contribution in [2.75, 3.05) is 13.2 Å². The van der Waals surface area contributed by atoms with Crippen LogP contribution in [-0.2, 0) is 9.53 Å². The molecular formula is C11H14O2S. The van der Waals surface area contributed by atoms with E-state index in [0.717, 1.165) is 4.90 Å². The van der Waals surface area contributed by atoms with Gasteiger partial charge in [0.2, 0.25) is 5.12 Å². The molecule has 0 aliphatic rings. The molecule has 0 radical (unpaired) electrons. The lowest BCUT2D eigenvalue weighted by Gasteiger charge is -2.01. The van der Waals surface area contributed by atoms with Crippen LogP contribution in [0.15, 0.2) is 29.2 Å². The molecule has 1 aromatic carbocycles. The van der Waals surface area contributed by atoms with E-state index in [9.17, 15) is 4.79 Å². The van der Waals surface area contributed by atoms with Gasteiger partial charge in [0.25, 0.3) is 0 Å². The summed E-state index contributed by atoms with van der Waals surface area (Å²) in [6.07, 6.45) is 0. The number of ether oxygens (including phenoxy) is 1. The van der Waals surface area contributed by atoms with Crippen LogP contribution in [0, 0.1) is 6.92 Å². The standard InChI is InChI=1S/C11H14O2S/c1-3-13-8-11(12)14-10-6-4-9(2)5-7-10/h4-7H,3,8H2,1-2H3. The Bertz CT molecular complexity index is 293. The zero-order chi connectivity index (χ0) is 10.4. The molecule has 76 valence electrons. The lowest BCUT2D eigenvalue weighted by Crippen LogP contribution is -2.03. The molecule has 0 aliphatic carbocycles. The maximum atomic E-state index is 11.3. The Balaban J connectivity index is 2.44. The van der Waals surface area contributed by atoms with Gasteiger partial charge in [-0.2, -0.15) is 0 Å². The maximum Gasteiger partial charge on any atom is 0.219 e. The number of rotatable bonds is 4. The van der Waals surface area contributed by atoms with Crippen LogP contribution in [0.3, 0.4) is 0 Å². The number of carbonyl (C=O) groups excluding carboxylic acids is 1. The van der Waals surface area contributed by atoms with Gasteiger partial charge in [0.15, 0.2) is 0 Å². The number of aryl methyl sites for hydroxylation is 1. The van der Waals surface area contributed by atoms with E-state index in [1.54, 1.807) is 0 Å². The van der Waals surface area contributed by atoms with Gasteiger partial charge in [-0.05, 0) is 37.7 Å². The Morgan fingerprint density at radius 1 is 1.36 bits per heavy atom. The Morgan fingerprint density at radius 3 is 2.57 bits per heavy atom. The van der Waals surface area contributed by atoms with Crippen molar-refractivity contribution in [2.24, 2.45) is 0 Å². The normalized spacial score (nSPS) is 10.1. The quantitative estimate of drug-likeness (QED) is 0.715. The predicted molar refractivity (Wildman–Crippen MR) is 58.5 cm³/mol. The minimum atomic E-state index is 0.0516. The van der Waals surface area contributed by atoms with Gasteiger partial charge in [0, 0.05) is 11.5 Å². The van der Waals surface area contributed by atoms with E-state index >= 15 is 0 Å². The third kappa shape index (κ3) is 3.94. The average Bonchev–Trinajstić information content (AvgIpc) is 2.18. The van der Waals surface area contributed by atoms with Crippen LogP contribution in [0.2, 0.25) is 0 Å². The molecule has 0 fully saturated rings. The summed E-state index contributed by atoms with van der Waals surface area (Å²) in [7, 11) is 0. The summed E-state index contributed by atoms with van der Waals surface area (Å²) in [6.45, 7) is 4.68. The predicted octanol–water partition coefficient (Wildman–Crippen LogP) is 2.65. The Morgan fingerprint density at radius 2 is 2.00 bits per heavy atom. The SMILES string of the molecule is CCOCC(=O)Sc1ccc(C)cc1. The van der Waals surface area contributed by atoms with Crippen LogP contribution in [0.1, 0.15) is 12.5 Å². The molecule has 2 nitrogen and oxygen atoms in total. The lowest BCUT2D eigenvalue weighted by atomic mass is 10.2. The molecule has 1 aromatic rings. The van der Waals surface area contributed by atoms with Crippen LogP contribution in [-0.4, -0.2) is 18.3 Å². The van der Waals surface area contributed by atoms with Gasteiger partial charge in [-0.25, -0.2) is 0 Å². The molecule has 0 N–H and O–H groups in total. The van der Waals surface area contributed by atoms with Crippen molar-refractivity contribution in [3.8, 4) is 0 Å². The first-order chi connectivity index (χ1) is 6.72. The fourth-order valence-electron chi connectivity index (χ4n) is 0.953. The third-order valence-corrected chi connectivity index (χ3v) is 2.53. The highest BCUT2D eigenvalue weighted by Crippen LogP contribution is 2.18. The molecule has 0 aromatic heterocycles. The summed E-state index contributed by atoms with van der Waals surface area (Å²) in [5, 5.41) is 0.0516. The number of thioether (sulfide) groups is 1. The molecule has 0 bridgehead atoms. The van der Waals surface area contributed by atoms with Crippen molar-refractivity contribution >= 4 is 16.9 Å². The van der Waals surface area contributed by atoms with Gasteiger partial charge in [-0.1, -0.05) is 17.7 Å². The molecule has 0 heterocycles.